The van der Waals surface area contributed by atoms with Crippen LogP contribution in [0.1, 0.15) is 26.5 Å². The summed E-state index contributed by atoms with van der Waals surface area (Å²) in [6, 6.07) is 1.65. The largest absolute Gasteiger partial charge is 0.444 e. The molecule has 7 heteroatoms. The number of aromatic nitrogens is 2. The first-order chi connectivity index (χ1) is 8.28. The summed E-state index contributed by atoms with van der Waals surface area (Å²) in [7, 11) is -1.24. The lowest BCUT2D eigenvalue weighted by Gasteiger charge is -2.19. The quantitative estimate of drug-likeness (QED) is 0.836. The van der Waals surface area contributed by atoms with Gasteiger partial charge in [0.25, 0.3) is 0 Å². The minimum Gasteiger partial charge on any atom is -0.444 e. The molecule has 100 valence electrons. The van der Waals surface area contributed by atoms with Gasteiger partial charge in [-0.1, -0.05) is 0 Å². The van der Waals surface area contributed by atoms with E-state index in [-0.39, 0.29) is 11.7 Å². The summed E-state index contributed by atoms with van der Waals surface area (Å²) in [5, 5.41) is 2.82. The highest BCUT2D eigenvalue weighted by molar-refractivity contribution is 7.84. The van der Waals surface area contributed by atoms with Crippen molar-refractivity contribution in [3.8, 4) is 0 Å². The zero-order valence-electron chi connectivity index (χ0n) is 10.9. The topological polar surface area (TPSA) is 81.2 Å². The number of nitrogens with zero attached hydrogens (tertiary/aromatic N) is 2. The number of rotatable bonds is 3. The number of hydrogen-bond acceptors (Lipinski definition) is 5. The first kappa shape index (κ1) is 14.6. The third kappa shape index (κ3) is 5.22. The average Bonchev–Trinajstić information content (AvgIpc) is 2.24. The third-order valence-corrected chi connectivity index (χ3v) is 2.47. The van der Waals surface area contributed by atoms with E-state index in [2.05, 4.69) is 15.3 Å². The van der Waals surface area contributed by atoms with Gasteiger partial charge >= 0.3 is 6.09 Å². The van der Waals surface area contributed by atoms with E-state index in [4.69, 9.17) is 4.74 Å². The van der Waals surface area contributed by atoms with E-state index in [0.29, 0.717) is 5.69 Å². The predicted molar refractivity (Wildman–Crippen MR) is 67.4 cm³/mol. The number of alkyl carbamates (subject to hydrolysis) is 1. The van der Waals surface area contributed by atoms with Crippen molar-refractivity contribution in [2.24, 2.45) is 0 Å². The zero-order chi connectivity index (χ0) is 13.8. The molecule has 0 spiro atoms. The second-order valence-corrected chi connectivity index (χ2v) is 5.91. The van der Waals surface area contributed by atoms with Crippen LogP contribution in [0.25, 0.3) is 0 Å². The van der Waals surface area contributed by atoms with Gasteiger partial charge in [-0.05, 0) is 26.8 Å². The van der Waals surface area contributed by atoms with Gasteiger partial charge in [0, 0.05) is 12.5 Å². The van der Waals surface area contributed by atoms with E-state index in [1.165, 1.54) is 12.5 Å². The predicted octanol–water partition coefficient (Wildman–Crippen LogP) is 1.24. The lowest BCUT2D eigenvalue weighted by atomic mass is 10.2. The molecule has 0 unspecified atom stereocenters. The monoisotopic (exact) mass is 271 g/mol. The van der Waals surface area contributed by atoms with E-state index in [9.17, 15) is 9.00 Å². The van der Waals surface area contributed by atoms with E-state index in [0.717, 1.165) is 0 Å². The molecule has 0 aliphatic carbocycles. The fourth-order valence-electron chi connectivity index (χ4n) is 1.09. The van der Waals surface area contributed by atoms with Gasteiger partial charge in [-0.3, -0.25) is 4.21 Å². The summed E-state index contributed by atoms with van der Waals surface area (Å²) < 4.78 is 16.3. The summed E-state index contributed by atoms with van der Waals surface area (Å²) >= 11 is 0. The van der Waals surface area contributed by atoms with Gasteiger partial charge in [-0.25, -0.2) is 14.8 Å². The van der Waals surface area contributed by atoms with Crippen LogP contribution in [0.15, 0.2) is 17.4 Å². The third-order valence-electron chi connectivity index (χ3n) is 1.76. The summed E-state index contributed by atoms with van der Waals surface area (Å²) in [6.45, 7) is 5.57. The molecule has 1 N–H and O–H groups in total. The molecule has 6 nitrogen and oxygen atoms in total. The molecule has 0 saturated heterocycles. The van der Waals surface area contributed by atoms with Gasteiger partial charge in [0.2, 0.25) is 5.16 Å². The summed E-state index contributed by atoms with van der Waals surface area (Å²) in [4.78, 5) is 19.3. The second kappa shape index (κ2) is 5.90. The Bertz CT molecular complexity index is 457. The highest BCUT2D eigenvalue weighted by atomic mass is 32.2. The van der Waals surface area contributed by atoms with Gasteiger partial charge in [-0.2, -0.15) is 0 Å². The molecule has 1 amide bonds. The van der Waals surface area contributed by atoms with Crippen LogP contribution >= 0.6 is 0 Å². The second-order valence-electron chi connectivity index (χ2n) is 4.64. The molecule has 0 bridgehead atoms. The van der Waals surface area contributed by atoms with Crippen molar-refractivity contribution in [2.75, 3.05) is 6.26 Å². The standard InChI is InChI=1S/C11H17N3O3S/c1-11(2,3)17-10(15)13-7-8-5-6-12-9(14-8)18(4)16/h5-6H,7H2,1-4H3,(H,13,15)/t18-/m1/s1. The lowest BCUT2D eigenvalue weighted by molar-refractivity contribution is 0.0523. The summed E-state index contributed by atoms with van der Waals surface area (Å²) in [6.07, 6.45) is 2.50. The molecule has 1 aromatic rings. The maximum Gasteiger partial charge on any atom is 0.407 e. The molecule has 0 aromatic carbocycles. The Hall–Kier alpha value is -1.50. The molecule has 0 aliphatic rings. The Labute approximate surface area is 109 Å². The van der Waals surface area contributed by atoms with Gasteiger partial charge < -0.3 is 10.1 Å². The Morgan fingerprint density at radius 3 is 2.72 bits per heavy atom. The number of hydrogen-bond donors (Lipinski definition) is 1. The molecule has 1 aromatic heterocycles. The number of carbonyl (C=O) groups is 1. The lowest BCUT2D eigenvalue weighted by Crippen LogP contribution is -2.32. The van der Waals surface area contributed by atoms with Gasteiger partial charge in [-0.15, -0.1) is 0 Å². The smallest absolute Gasteiger partial charge is 0.407 e. The number of nitrogens with one attached hydrogen (secondary N) is 1. The fraction of sp³-hybridized carbons (Fsp3) is 0.545. The number of amides is 1. The minimum atomic E-state index is -1.24. The van der Waals surface area contributed by atoms with Crippen molar-refractivity contribution in [1.82, 2.24) is 15.3 Å². The first-order valence-corrected chi connectivity index (χ1v) is 6.96. The zero-order valence-corrected chi connectivity index (χ0v) is 11.7. The van der Waals surface area contributed by atoms with Crippen LogP contribution in [0.4, 0.5) is 4.79 Å². The minimum absolute atomic E-state index is 0.210. The Morgan fingerprint density at radius 1 is 1.50 bits per heavy atom. The fourth-order valence-corrected chi connectivity index (χ4v) is 1.55. The van der Waals surface area contributed by atoms with Crippen molar-refractivity contribution < 1.29 is 13.7 Å². The van der Waals surface area contributed by atoms with Crippen LogP contribution in [0.5, 0.6) is 0 Å². The molecule has 18 heavy (non-hydrogen) atoms. The van der Waals surface area contributed by atoms with E-state index < -0.39 is 22.5 Å². The Balaban J connectivity index is 2.56. The van der Waals surface area contributed by atoms with E-state index >= 15 is 0 Å². The maximum atomic E-state index is 11.4. The van der Waals surface area contributed by atoms with Crippen molar-refractivity contribution >= 4 is 16.9 Å². The molecular formula is C11H17N3O3S. The van der Waals surface area contributed by atoms with Crippen LogP contribution in [0, 0.1) is 0 Å². The molecule has 1 heterocycles. The van der Waals surface area contributed by atoms with Gasteiger partial charge in [0.15, 0.2) is 0 Å². The molecule has 0 saturated carbocycles. The molecule has 0 radical (unpaired) electrons. The first-order valence-electron chi connectivity index (χ1n) is 5.40. The average molecular weight is 271 g/mol. The number of carbonyl (C=O) groups excluding carboxylic acids is 1. The van der Waals surface area contributed by atoms with Gasteiger partial charge in [0.1, 0.15) is 5.60 Å². The van der Waals surface area contributed by atoms with Gasteiger partial charge in [0.05, 0.1) is 23.0 Å². The highest BCUT2D eigenvalue weighted by Gasteiger charge is 2.15. The van der Waals surface area contributed by atoms with Crippen molar-refractivity contribution in [2.45, 2.75) is 38.1 Å². The molecule has 0 aliphatic heterocycles. The Kier molecular flexibility index (Phi) is 4.77. The van der Waals surface area contributed by atoms with E-state index in [1.54, 1.807) is 26.8 Å². The SMILES string of the molecule is C[S@@](=O)c1nccc(CNC(=O)OC(C)(C)C)n1. The summed E-state index contributed by atoms with van der Waals surface area (Å²) in [5.74, 6) is 0. The van der Waals surface area contributed by atoms with E-state index in [1.807, 2.05) is 0 Å². The van der Waals surface area contributed by atoms with Crippen LogP contribution in [0.3, 0.4) is 0 Å². The molecule has 1 rings (SSSR count). The van der Waals surface area contributed by atoms with Crippen LogP contribution < -0.4 is 5.32 Å². The van der Waals surface area contributed by atoms with Crippen LogP contribution in [0.2, 0.25) is 0 Å². The van der Waals surface area contributed by atoms with Crippen LogP contribution in [-0.4, -0.2) is 32.1 Å². The number of ether oxygens (including phenoxy) is 1. The van der Waals surface area contributed by atoms with Crippen LogP contribution in [-0.2, 0) is 22.1 Å². The van der Waals surface area contributed by atoms with Crippen molar-refractivity contribution in [3.05, 3.63) is 18.0 Å². The molecule has 0 fully saturated rings. The Morgan fingerprint density at radius 2 is 2.17 bits per heavy atom. The summed E-state index contributed by atoms with van der Waals surface area (Å²) in [5.41, 5.74) is 0.0484. The van der Waals surface area contributed by atoms with Crippen molar-refractivity contribution in [1.29, 1.82) is 0 Å². The highest BCUT2D eigenvalue weighted by Crippen LogP contribution is 2.06. The van der Waals surface area contributed by atoms with Crippen molar-refractivity contribution in [3.63, 3.8) is 0 Å². The maximum absolute atomic E-state index is 11.4. The normalized spacial score (nSPS) is 12.9. The molecular weight excluding hydrogens is 254 g/mol. The molecule has 1 atom stereocenters.